The Kier molecular flexibility index (Phi) is 5.86. The summed E-state index contributed by atoms with van der Waals surface area (Å²) in [7, 11) is -7.78. The molecule has 0 fully saturated rings. The maximum atomic E-state index is 12.5. The maximum absolute atomic E-state index is 12.5. The molecule has 12 heteroatoms. The summed E-state index contributed by atoms with van der Waals surface area (Å²) in [6.07, 6.45) is 0. The Balaban J connectivity index is 1.78. The number of rotatable bonds is 7. The van der Waals surface area contributed by atoms with Crippen molar-refractivity contribution in [3.05, 3.63) is 64.4 Å². The van der Waals surface area contributed by atoms with Crippen molar-refractivity contribution in [2.75, 3.05) is 4.72 Å². The fourth-order valence-corrected chi connectivity index (χ4v) is 6.36. The fourth-order valence-electron chi connectivity index (χ4n) is 2.17. The molecule has 0 atom stereocenters. The van der Waals surface area contributed by atoms with Crippen molar-refractivity contribution in [2.45, 2.75) is 15.3 Å². The topological polar surface area (TPSA) is 121 Å². The van der Waals surface area contributed by atoms with Crippen LogP contribution in [0.4, 0.5) is 5.69 Å². The fraction of sp³-hybridized carbons (Fsp3) is 0.0625. The first-order valence-electron chi connectivity index (χ1n) is 7.73. The average Bonchev–Trinajstić information content (AvgIpc) is 3.32. The molecular weight excluding hydrogens is 442 g/mol. The van der Waals surface area contributed by atoms with E-state index in [1.165, 1.54) is 30.3 Å². The van der Waals surface area contributed by atoms with Crippen LogP contribution in [0, 0.1) is 6.92 Å². The number of para-hydroxylation sites is 1. The van der Waals surface area contributed by atoms with Gasteiger partial charge in [0.2, 0.25) is 0 Å². The van der Waals surface area contributed by atoms with Crippen LogP contribution in [0.2, 0.25) is 0 Å². The molecule has 0 aliphatic carbocycles. The number of amides is 1. The monoisotopic (exact) mass is 457 g/mol. The second-order valence-corrected chi connectivity index (χ2v) is 11.6. The molecule has 2 aromatic heterocycles. The van der Waals surface area contributed by atoms with Crippen molar-refractivity contribution in [2.24, 2.45) is 0 Å². The summed E-state index contributed by atoms with van der Waals surface area (Å²) >= 11 is 2.09. The van der Waals surface area contributed by atoms with Gasteiger partial charge in [0.05, 0.1) is 11.3 Å². The van der Waals surface area contributed by atoms with E-state index in [9.17, 15) is 21.6 Å². The van der Waals surface area contributed by atoms with Crippen LogP contribution in [-0.4, -0.2) is 22.7 Å². The lowest BCUT2D eigenvalue weighted by Gasteiger charge is -2.12. The van der Waals surface area contributed by atoms with Gasteiger partial charge >= 0.3 is 0 Å². The Hall–Kier alpha value is -2.25. The third-order valence-electron chi connectivity index (χ3n) is 3.46. The average molecular weight is 458 g/mol. The number of sulfonamides is 2. The summed E-state index contributed by atoms with van der Waals surface area (Å²) in [6, 6.07) is 12.0. The molecule has 2 heterocycles. The third-order valence-corrected chi connectivity index (χ3v) is 8.96. The van der Waals surface area contributed by atoms with Crippen LogP contribution in [-0.2, 0) is 20.0 Å². The molecule has 3 rings (SSSR count). The first kappa shape index (κ1) is 20.5. The molecule has 28 heavy (non-hydrogen) atoms. The van der Waals surface area contributed by atoms with Crippen molar-refractivity contribution >= 4 is 54.3 Å². The molecule has 1 amide bonds. The summed E-state index contributed by atoms with van der Waals surface area (Å²) in [4.78, 5) is 15.3. The molecule has 3 N–H and O–H groups in total. The van der Waals surface area contributed by atoms with Crippen molar-refractivity contribution in [3.8, 4) is 0 Å². The predicted octanol–water partition coefficient (Wildman–Crippen LogP) is 2.54. The smallest absolute Gasteiger partial charge is 0.271 e. The van der Waals surface area contributed by atoms with Gasteiger partial charge in [0.15, 0.2) is 0 Å². The number of hydrogen-bond donors (Lipinski definition) is 3. The highest BCUT2D eigenvalue weighted by molar-refractivity contribution is 7.94. The molecule has 0 bridgehead atoms. The maximum Gasteiger partial charge on any atom is 0.271 e. The Morgan fingerprint density at radius 3 is 2.29 bits per heavy atom. The Labute approximate surface area is 170 Å². The van der Waals surface area contributed by atoms with E-state index in [-0.39, 0.29) is 19.7 Å². The van der Waals surface area contributed by atoms with Gasteiger partial charge in [-0.25, -0.2) is 16.8 Å². The lowest BCUT2D eigenvalue weighted by atomic mass is 10.2. The van der Waals surface area contributed by atoms with E-state index in [0.717, 1.165) is 27.6 Å². The predicted molar refractivity (Wildman–Crippen MR) is 108 cm³/mol. The zero-order valence-electron chi connectivity index (χ0n) is 14.4. The highest BCUT2D eigenvalue weighted by Gasteiger charge is 2.21. The van der Waals surface area contributed by atoms with Crippen molar-refractivity contribution < 1.29 is 21.6 Å². The summed E-state index contributed by atoms with van der Waals surface area (Å²) in [5.41, 5.74) is 2.10. The summed E-state index contributed by atoms with van der Waals surface area (Å²) in [6.45, 7) is 1.76. The molecule has 3 aromatic rings. The van der Waals surface area contributed by atoms with Crippen LogP contribution in [0.5, 0.6) is 0 Å². The number of carbonyl (C=O) groups is 1. The highest BCUT2D eigenvalue weighted by atomic mass is 32.3. The molecule has 0 spiro atoms. The minimum Gasteiger partial charge on any atom is -0.278 e. The van der Waals surface area contributed by atoms with Gasteiger partial charge in [0.25, 0.3) is 26.0 Å². The minimum atomic E-state index is -3.93. The van der Waals surface area contributed by atoms with E-state index in [0.29, 0.717) is 0 Å². The van der Waals surface area contributed by atoms with E-state index in [2.05, 4.69) is 10.1 Å². The molecule has 0 saturated carbocycles. The molecule has 8 nitrogen and oxygen atoms in total. The summed E-state index contributed by atoms with van der Waals surface area (Å²) in [5, 5.41) is 1.62. The quantitative estimate of drug-likeness (QED) is 0.471. The number of carbonyl (C=O) groups excluding carboxylic acids is 1. The minimum absolute atomic E-state index is 0.0274. The van der Waals surface area contributed by atoms with Gasteiger partial charge in [-0.1, -0.05) is 18.2 Å². The Morgan fingerprint density at radius 1 is 0.893 bits per heavy atom. The van der Waals surface area contributed by atoms with Gasteiger partial charge in [0, 0.05) is 4.88 Å². The van der Waals surface area contributed by atoms with Crippen LogP contribution in [0.25, 0.3) is 0 Å². The number of benzene rings is 1. The van der Waals surface area contributed by atoms with Crippen molar-refractivity contribution in [1.29, 1.82) is 0 Å². The molecule has 0 radical (unpaired) electrons. The Morgan fingerprint density at radius 2 is 1.64 bits per heavy atom. The first-order valence-corrected chi connectivity index (χ1v) is 12.4. The number of hydrazine groups is 1. The van der Waals surface area contributed by atoms with E-state index in [1.54, 1.807) is 30.5 Å². The first-order chi connectivity index (χ1) is 13.2. The van der Waals surface area contributed by atoms with E-state index in [1.807, 2.05) is 4.83 Å². The van der Waals surface area contributed by atoms with Crippen LogP contribution in [0.1, 0.15) is 15.2 Å². The summed E-state index contributed by atoms with van der Waals surface area (Å²) in [5.74, 6) is -0.804. The largest absolute Gasteiger partial charge is 0.278 e. The molecule has 1 aromatic carbocycles. The second-order valence-electron chi connectivity index (χ2n) is 5.51. The van der Waals surface area contributed by atoms with Crippen LogP contribution in [0.15, 0.2) is 62.3 Å². The Bertz CT molecular complexity index is 1200. The van der Waals surface area contributed by atoms with Gasteiger partial charge < -0.3 is 0 Å². The van der Waals surface area contributed by atoms with Gasteiger partial charge in [-0.05, 0) is 42.6 Å². The normalized spacial score (nSPS) is 11.9. The molecule has 0 aliphatic heterocycles. The second kappa shape index (κ2) is 8.01. The molecular formula is C16H15N3O5S4. The molecule has 0 saturated heterocycles. The number of aryl methyl sites for hydroxylation is 1. The third kappa shape index (κ3) is 4.59. The number of hydrogen-bond acceptors (Lipinski definition) is 7. The van der Waals surface area contributed by atoms with E-state index >= 15 is 0 Å². The zero-order chi connectivity index (χ0) is 20.4. The number of nitrogens with one attached hydrogen (secondary N) is 3. The molecule has 0 aliphatic rings. The highest BCUT2D eigenvalue weighted by Crippen LogP contribution is 2.23. The molecule has 0 unspecified atom stereocenters. The SMILES string of the molecule is Cc1ccc(S(=O)(=O)NNC(=O)c2ccccc2NS(=O)(=O)c2cccs2)s1. The van der Waals surface area contributed by atoms with Crippen LogP contribution < -0.4 is 15.0 Å². The van der Waals surface area contributed by atoms with Crippen molar-refractivity contribution in [3.63, 3.8) is 0 Å². The lowest BCUT2D eigenvalue weighted by molar-refractivity contribution is 0.0946. The number of thiophene rings is 2. The van der Waals surface area contributed by atoms with Gasteiger partial charge in [-0.2, -0.15) is 0 Å². The van der Waals surface area contributed by atoms with Crippen molar-refractivity contribution in [1.82, 2.24) is 10.3 Å². The zero-order valence-corrected chi connectivity index (χ0v) is 17.6. The van der Waals surface area contributed by atoms with Gasteiger partial charge in [-0.15, -0.1) is 27.5 Å². The molecule has 148 valence electrons. The van der Waals surface area contributed by atoms with E-state index < -0.39 is 26.0 Å². The van der Waals surface area contributed by atoms with E-state index in [4.69, 9.17) is 0 Å². The number of anilines is 1. The van der Waals surface area contributed by atoms with Crippen LogP contribution in [0.3, 0.4) is 0 Å². The lowest BCUT2D eigenvalue weighted by Crippen LogP contribution is -2.41. The van der Waals surface area contributed by atoms with Gasteiger partial charge in [-0.3, -0.25) is 14.9 Å². The standard InChI is InChI=1S/C16H15N3O5S4/c1-11-8-9-15(26-11)28(23,24)19-17-16(20)12-5-2-3-6-13(12)18-27(21,22)14-7-4-10-25-14/h2-10,18-19H,1H3,(H,17,20). The van der Waals surface area contributed by atoms with Gasteiger partial charge in [0.1, 0.15) is 8.42 Å². The van der Waals surface area contributed by atoms with Crippen LogP contribution >= 0.6 is 22.7 Å². The summed E-state index contributed by atoms with van der Waals surface area (Å²) < 4.78 is 51.7.